The molecule has 0 aromatic rings. The Balaban J connectivity index is 1.95. The number of carbonyl (C=O) groups is 3. The minimum absolute atomic E-state index is 0.692. The molecule has 0 spiro atoms. The lowest BCUT2D eigenvalue weighted by molar-refractivity contribution is -0.382. The number of hydrogen-bond acceptors (Lipinski definition) is 18. The Hall–Kier alpha value is -2.19. The molecule has 3 rings (SSSR count). The highest BCUT2D eigenvalue weighted by atomic mass is 16.8. The van der Waals surface area contributed by atoms with Crippen LogP contribution in [-0.2, 0) is 38.1 Å². The number of aliphatic hydroxyl groups is 10. The Kier molecular flexibility index (Phi) is 13.1. The van der Waals surface area contributed by atoms with E-state index in [1.54, 1.807) is 0 Å². The maximum absolute atomic E-state index is 12.6. The summed E-state index contributed by atoms with van der Waals surface area (Å²) in [5, 5.41) is 118. The average molecular weight is 675 g/mol. The lowest BCUT2D eigenvalue weighted by atomic mass is 9.88. The molecule has 3 aliphatic heterocycles. The molecular weight excluding hydrogens is 632 g/mol. The fraction of sp³-hybridized carbons (Fsp3) is 0.880. The molecule has 3 fully saturated rings. The van der Waals surface area contributed by atoms with Crippen LogP contribution >= 0.6 is 0 Å². The number of hydrogen-bond donors (Lipinski definition) is 13. The summed E-state index contributed by atoms with van der Waals surface area (Å²) in [6.07, 6.45) is -25.7. The molecule has 3 heterocycles. The standard InChI is InChI=1S/C25H42N2O19/c1-7(31)26-13-9(33)3-25(24(40)41,45-20(13)15(35)10(34)4-28)46-21-16(36)11(5-29)43-23(18(21)38)44-19-12(6-30)42-22(39)14(17(19)37)27-8(2)32/h9-23,28-30,33-39H,3-6H2,1-2H3,(H,26,31)(H,27,32)(H,40,41)/t9-,10+,11+,12+,13?,14+,15+,16-,17+,18+,19+,20+,21-,22?,23-,25-/m0/s1. The molecule has 0 bridgehead atoms. The van der Waals surface area contributed by atoms with Gasteiger partial charge < -0.3 is 90.5 Å². The van der Waals surface area contributed by atoms with Gasteiger partial charge in [-0.1, -0.05) is 0 Å². The van der Waals surface area contributed by atoms with E-state index >= 15 is 0 Å². The van der Waals surface area contributed by atoms with E-state index in [0.29, 0.717) is 0 Å². The number of ether oxygens (including phenoxy) is 5. The van der Waals surface area contributed by atoms with Gasteiger partial charge in [-0.25, -0.2) is 4.79 Å². The summed E-state index contributed by atoms with van der Waals surface area (Å²) >= 11 is 0. The predicted molar refractivity (Wildman–Crippen MR) is 142 cm³/mol. The van der Waals surface area contributed by atoms with Crippen molar-refractivity contribution in [1.82, 2.24) is 10.6 Å². The van der Waals surface area contributed by atoms with E-state index in [4.69, 9.17) is 23.7 Å². The molecule has 16 atom stereocenters. The first-order valence-corrected chi connectivity index (χ1v) is 14.2. The van der Waals surface area contributed by atoms with Crippen molar-refractivity contribution in [1.29, 1.82) is 0 Å². The fourth-order valence-electron chi connectivity index (χ4n) is 5.57. The molecule has 3 saturated heterocycles. The smallest absolute Gasteiger partial charge is 0.364 e. The highest BCUT2D eigenvalue weighted by Crippen LogP contribution is 2.38. The maximum atomic E-state index is 12.6. The second-order valence-electron chi connectivity index (χ2n) is 11.2. The van der Waals surface area contributed by atoms with Crippen molar-refractivity contribution in [2.45, 2.75) is 118 Å². The first kappa shape index (κ1) is 38.3. The van der Waals surface area contributed by atoms with E-state index in [1.807, 2.05) is 0 Å². The summed E-state index contributed by atoms with van der Waals surface area (Å²) in [6.45, 7) is -0.789. The zero-order chi connectivity index (χ0) is 34.7. The van der Waals surface area contributed by atoms with Gasteiger partial charge >= 0.3 is 5.97 Å². The van der Waals surface area contributed by atoms with Crippen LogP contribution in [0.2, 0.25) is 0 Å². The largest absolute Gasteiger partial charge is 0.477 e. The number of rotatable bonds is 12. The molecule has 0 radical (unpaired) electrons. The molecule has 13 N–H and O–H groups in total. The van der Waals surface area contributed by atoms with E-state index < -0.39 is 142 Å². The lowest BCUT2D eigenvalue weighted by Gasteiger charge is -2.50. The second-order valence-corrected chi connectivity index (χ2v) is 11.2. The Labute approximate surface area is 260 Å². The molecular formula is C25H42N2O19. The summed E-state index contributed by atoms with van der Waals surface area (Å²) in [5.41, 5.74) is 0. The van der Waals surface area contributed by atoms with Gasteiger partial charge in [0.25, 0.3) is 5.79 Å². The summed E-state index contributed by atoms with van der Waals surface area (Å²) in [5.74, 6) is -6.46. The third-order valence-electron chi connectivity index (χ3n) is 7.87. The van der Waals surface area contributed by atoms with Gasteiger partial charge in [-0.3, -0.25) is 9.59 Å². The van der Waals surface area contributed by atoms with E-state index in [0.717, 1.165) is 13.8 Å². The van der Waals surface area contributed by atoms with Crippen LogP contribution in [-0.4, -0.2) is 191 Å². The highest BCUT2D eigenvalue weighted by molar-refractivity contribution is 5.76. The van der Waals surface area contributed by atoms with Gasteiger partial charge in [0.05, 0.1) is 32.0 Å². The zero-order valence-corrected chi connectivity index (χ0v) is 24.7. The quantitative estimate of drug-likeness (QED) is 0.0913. The number of amides is 2. The van der Waals surface area contributed by atoms with Crippen LogP contribution in [0.15, 0.2) is 0 Å². The predicted octanol–water partition coefficient (Wildman–Crippen LogP) is -8.08. The van der Waals surface area contributed by atoms with Crippen molar-refractivity contribution < 1.29 is 94.2 Å². The molecule has 3 aliphatic rings. The molecule has 0 aromatic carbocycles. The minimum Gasteiger partial charge on any atom is -0.477 e. The second kappa shape index (κ2) is 15.8. The van der Waals surface area contributed by atoms with Gasteiger partial charge in [-0.15, -0.1) is 0 Å². The normalized spacial score (nSPS) is 42.9. The number of carboxylic acid groups (broad SMARTS) is 1. The third kappa shape index (κ3) is 8.08. The van der Waals surface area contributed by atoms with E-state index in [2.05, 4.69) is 10.6 Å². The molecule has 2 unspecified atom stereocenters. The Morgan fingerprint density at radius 1 is 0.848 bits per heavy atom. The average Bonchev–Trinajstić information content (AvgIpc) is 2.99. The Morgan fingerprint density at radius 3 is 1.96 bits per heavy atom. The molecule has 0 aromatic heterocycles. The number of nitrogens with one attached hydrogen (secondary N) is 2. The number of aliphatic carboxylic acids is 1. The van der Waals surface area contributed by atoms with E-state index in [1.165, 1.54) is 0 Å². The van der Waals surface area contributed by atoms with E-state index in [-0.39, 0.29) is 0 Å². The first-order valence-electron chi connectivity index (χ1n) is 14.2. The third-order valence-corrected chi connectivity index (χ3v) is 7.87. The van der Waals surface area contributed by atoms with Crippen molar-refractivity contribution in [3.8, 4) is 0 Å². The van der Waals surface area contributed by atoms with Crippen LogP contribution in [0.5, 0.6) is 0 Å². The number of carbonyl (C=O) groups excluding carboxylic acids is 2. The van der Waals surface area contributed by atoms with Crippen molar-refractivity contribution >= 4 is 17.8 Å². The molecule has 2 amide bonds. The molecule has 0 saturated carbocycles. The lowest BCUT2D eigenvalue weighted by Crippen LogP contribution is -2.71. The Bertz CT molecular complexity index is 1050. The highest BCUT2D eigenvalue weighted by Gasteiger charge is 2.60. The van der Waals surface area contributed by atoms with Crippen LogP contribution in [0.4, 0.5) is 0 Å². The number of carboxylic acids is 1. The van der Waals surface area contributed by atoms with Crippen molar-refractivity contribution in [2.24, 2.45) is 0 Å². The van der Waals surface area contributed by atoms with Crippen LogP contribution in [0.1, 0.15) is 20.3 Å². The first-order chi connectivity index (χ1) is 21.5. The molecule has 21 heteroatoms. The maximum Gasteiger partial charge on any atom is 0.364 e. The fourth-order valence-corrected chi connectivity index (χ4v) is 5.57. The van der Waals surface area contributed by atoms with Crippen molar-refractivity contribution in [2.75, 3.05) is 19.8 Å². The summed E-state index contributed by atoms with van der Waals surface area (Å²) < 4.78 is 27.4. The van der Waals surface area contributed by atoms with Crippen LogP contribution in [0, 0.1) is 0 Å². The summed E-state index contributed by atoms with van der Waals surface area (Å²) in [7, 11) is 0. The zero-order valence-electron chi connectivity index (χ0n) is 24.7. The van der Waals surface area contributed by atoms with Crippen molar-refractivity contribution in [3.05, 3.63) is 0 Å². The summed E-state index contributed by atoms with van der Waals surface area (Å²) in [4.78, 5) is 36.0. The monoisotopic (exact) mass is 674 g/mol. The molecule has 21 nitrogen and oxygen atoms in total. The van der Waals surface area contributed by atoms with Crippen molar-refractivity contribution in [3.63, 3.8) is 0 Å². The molecule has 46 heavy (non-hydrogen) atoms. The van der Waals surface area contributed by atoms with E-state index in [9.17, 15) is 70.6 Å². The van der Waals surface area contributed by atoms with Gasteiger partial charge in [0, 0.05) is 20.3 Å². The minimum atomic E-state index is -3.04. The summed E-state index contributed by atoms with van der Waals surface area (Å²) in [6, 6.07) is -3.05. The number of aliphatic hydroxyl groups excluding tert-OH is 10. The molecule has 0 aliphatic carbocycles. The van der Waals surface area contributed by atoms with Gasteiger partial charge in [-0.05, 0) is 0 Å². The SMILES string of the molecule is CC(=O)NC1[C@H]([C@H](O)[C@H](O)CO)O[C@@](O[C@H]2[C@@H](O)[C@@H](CO)O[C@@H](O[C@H]3[C@H](O)[C@@H](NC(C)=O)C(O)O[C@@H]3CO)[C@@H]2O)(C(=O)O)C[C@@H]1O. The van der Waals surface area contributed by atoms with Gasteiger partial charge in [0.1, 0.15) is 67.1 Å². The Morgan fingerprint density at radius 2 is 1.43 bits per heavy atom. The van der Waals surface area contributed by atoms with Gasteiger partial charge in [0.2, 0.25) is 11.8 Å². The van der Waals surface area contributed by atoms with Gasteiger partial charge in [0.15, 0.2) is 12.6 Å². The van der Waals surface area contributed by atoms with Crippen LogP contribution in [0.3, 0.4) is 0 Å². The van der Waals surface area contributed by atoms with Crippen LogP contribution < -0.4 is 10.6 Å². The van der Waals surface area contributed by atoms with Gasteiger partial charge in [-0.2, -0.15) is 0 Å². The molecule has 266 valence electrons. The topological polar surface area (TPSA) is 344 Å². The van der Waals surface area contributed by atoms with Crippen LogP contribution in [0.25, 0.3) is 0 Å².